The van der Waals surface area contributed by atoms with Gasteiger partial charge in [0.15, 0.2) is 5.82 Å². The van der Waals surface area contributed by atoms with Crippen molar-refractivity contribution in [2.24, 2.45) is 0 Å². The van der Waals surface area contributed by atoms with Gasteiger partial charge in [0.05, 0.1) is 0 Å². The Morgan fingerprint density at radius 2 is 1.67 bits per heavy atom. The summed E-state index contributed by atoms with van der Waals surface area (Å²) < 4.78 is 0. The molecule has 1 aliphatic carbocycles. The van der Waals surface area contributed by atoms with Crippen molar-refractivity contribution in [1.82, 2.24) is 9.97 Å². The molecule has 1 saturated carbocycles. The van der Waals surface area contributed by atoms with Crippen molar-refractivity contribution < 1.29 is 0 Å². The minimum absolute atomic E-state index is 0.659. The van der Waals surface area contributed by atoms with Crippen LogP contribution in [0.25, 0.3) is 11.4 Å². The lowest BCUT2D eigenvalue weighted by atomic mass is 10.0. The Balaban J connectivity index is 1.89. The lowest BCUT2D eigenvalue weighted by molar-refractivity contribution is 0.714. The molecule has 18 heavy (non-hydrogen) atoms. The highest BCUT2D eigenvalue weighted by molar-refractivity contribution is 5.70. The standard InChI is InChI=1S/C15H17N3/c16-14-8-4-3-7-13(14)15-17-9-12(10-18-15)11-5-1-2-6-11/h3-4,7-11H,1-2,5-6,16H2. The third kappa shape index (κ3) is 2.08. The van der Waals surface area contributed by atoms with Gasteiger partial charge in [-0.05, 0) is 36.5 Å². The first-order chi connectivity index (χ1) is 8.84. The molecule has 2 aromatic rings. The van der Waals surface area contributed by atoms with Crippen LogP contribution in [0.5, 0.6) is 0 Å². The fraction of sp³-hybridized carbons (Fsp3) is 0.333. The predicted molar refractivity (Wildman–Crippen MR) is 73.1 cm³/mol. The molecule has 2 N–H and O–H groups in total. The van der Waals surface area contributed by atoms with Crippen LogP contribution in [0.4, 0.5) is 5.69 Å². The van der Waals surface area contributed by atoms with Gasteiger partial charge < -0.3 is 5.73 Å². The number of nitrogens with zero attached hydrogens (tertiary/aromatic N) is 2. The number of hydrogen-bond acceptors (Lipinski definition) is 3. The van der Waals surface area contributed by atoms with Crippen molar-refractivity contribution in [3.05, 3.63) is 42.2 Å². The van der Waals surface area contributed by atoms with Crippen LogP contribution in [0, 0.1) is 0 Å². The van der Waals surface area contributed by atoms with Gasteiger partial charge >= 0.3 is 0 Å². The summed E-state index contributed by atoms with van der Waals surface area (Å²) >= 11 is 0. The number of anilines is 1. The normalized spacial score (nSPS) is 16.0. The molecule has 0 unspecified atom stereocenters. The molecule has 92 valence electrons. The van der Waals surface area contributed by atoms with Crippen LogP contribution in [0.2, 0.25) is 0 Å². The van der Waals surface area contributed by atoms with Crippen LogP contribution < -0.4 is 5.73 Å². The first kappa shape index (κ1) is 11.2. The molecule has 0 radical (unpaired) electrons. The Kier molecular flexibility index (Phi) is 2.97. The van der Waals surface area contributed by atoms with Gasteiger partial charge in [-0.15, -0.1) is 0 Å². The van der Waals surface area contributed by atoms with E-state index in [1.165, 1.54) is 31.2 Å². The van der Waals surface area contributed by atoms with Crippen molar-refractivity contribution in [2.45, 2.75) is 31.6 Å². The molecule has 1 aliphatic rings. The van der Waals surface area contributed by atoms with Gasteiger partial charge in [-0.3, -0.25) is 0 Å². The Morgan fingerprint density at radius 1 is 1.00 bits per heavy atom. The van der Waals surface area contributed by atoms with E-state index in [1.807, 2.05) is 36.7 Å². The first-order valence-corrected chi connectivity index (χ1v) is 6.51. The van der Waals surface area contributed by atoms with E-state index in [1.54, 1.807) is 0 Å². The third-order valence-electron chi connectivity index (χ3n) is 3.70. The zero-order valence-electron chi connectivity index (χ0n) is 10.3. The van der Waals surface area contributed by atoms with Crippen molar-refractivity contribution in [3.63, 3.8) is 0 Å². The van der Waals surface area contributed by atoms with Gasteiger partial charge in [0, 0.05) is 23.6 Å². The average molecular weight is 239 g/mol. The summed E-state index contributed by atoms with van der Waals surface area (Å²) in [5, 5.41) is 0. The Bertz CT molecular complexity index is 528. The first-order valence-electron chi connectivity index (χ1n) is 6.51. The van der Waals surface area contributed by atoms with E-state index < -0.39 is 0 Å². The van der Waals surface area contributed by atoms with Gasteiger partial charge in [0.25, 0.3) is 0 Å². The van der Waals surface area contributed by atoms with Crippen LogP contribution in [0.3, 0.4) is 0 Å². The molecule has 0 saturated heterocycles. The number of para-hydroxylation sites is 1. The van der Waals surface area contributed by atoms with E-state index in [9.17, 15) is 0 Å². The highest BCUT2D eigenvalue weighted by Crippen LogP contribution is 2.33. The van der Waals surface area contributed by atoms with Gasteiger partial charge in [-0.25, -0.2) is 9.97 Å². The molecule has 0 bridgehead atoms. The SMILES string of the molecule is Nc1ccccc1-c1ncc(C2CCCC2)cn1. The molecule has 0 atom stereocenters. The molecule has 3 heteroatoms. The monoisotopic (exact) mass is 239 g/mol. The van der Waals surface area contributed by atoms with Gasteiger partial charge in [0.1, 0.15) is 0 Å². The second-order valence-electron chi connectivity index (χ2n) is 4.91. The highest BCUT2D eigenvalue weighted by Gasteiger charge is 2.17. The van der Waals surface area contributed by atoms with E-state index in [0.717, 1.165) is 17.1 Å². The third-order valence-corrected chi connectivity index (χ3v) is 3.70. The van der Waals surface area contributed by atoms with Crippen molar-refractivity contribution in [2.75, 3.05) is 5.73 Å². The maximum absolute atomic E-state index is 5.93. The Morgan fingerprint density at radius 3 is 2.33 bits per heavy atom. The smallest absolute Gasteiger partial charge is 0.161 e. The fourth-order valence-electron chi connectivity index (χ4n) is 2.65. The Labute approximate surface area is 107 Å². The van der Waals surface area contributed by atoms with Crippen molar-refractivity contribution >= 4 is 5.69 Å². The summed E-state index contributed by atoms with van der Waals surface area (Å²) in [7, 11) is 0. The molecule has 1 aromatic heterocycles. The van der Waals surface area contributed by atoms with E-state index in [4.69, 9.17) is 5.73 Å². The van der Waals surface area contributed by atoms with E-state index in [2.05, 4.69) is 9.97 Å². The lowest BCUT2D eigenvalue weighted by Crippen LogP contribution is -1.98. The molecule has 0 amide bonds. The topological polar surface area (TPSA) is 51.8 Å². The quantitative estimate of drug-likeness (QED) is 0.817. The molecule has 1 aromatic carbocycles. The zero-order chi connectivity index (χ0) is 12.4. The summed E-state index contributed by atoms with van der Waals surface area (Å²) in [4.78, 5) is 8.93. The fourth-order valence-corrected chi connectivity index (χ4v) is 2.65. The van der Waals surface area contributed by atoms with E-state index >= 15 is 0 Å². The van der Waals surface area contributed by atoms with Crippen molar-refractivity contribution in [3.8, 4) is 11.4 Å². The average Bonchev–Trinajstić information content (AvgIpc) is 2.94. The summed E-state index contributed by atoms with van der Waals surface area (Å²) in [6, 6.07) is 7.72. The molecule has 3 nitrogen and oxygen atoms in total. The van der Waals surface area contributed by atoms with Crippen LogP contribution in [-0.2, 0) is 0 Å². The molecule has 1 heterocycles. The van der Waals surface area contributed by atoms with Crippen LogP contribution in [0.15, 0.2) is 36.7 Å². The molecule has 0 spiro atoms. The summed E-state index contributed by atoms with van der Waals surface area (Å²) in [5.41, 5.74) is 8.84. The predicted octanol–water partition coefficient (Wildman–Crippen LogP) is 3.38. The number of rotatable bonds is 2. The molecule has 0 aliphatic heterocycles. The second kappa shape index (κ2) is 4.77. The van der Waals surface area contributed by atoms with Gasteiger partial charge in [0.2, 0.25) is 0 Å². The molecular formula is C15H17N3. The number of hydrogen-bond donors (Lipinski definition) is 1. The summed E-state index contributed by atoms with van der Waals surface area (Å²) in [6.07, 6.45) is 9.14. The summed E-state index contributed by atoms with van der Waals surface area (Å²) in [5.74, 6) is 1.38. The number of nitrogen functional groups attached to an aromatic ring is 1. The second-order valence-corrected chi connectivity index (χ2v) is 4.91. The largest absolute Gasteiger partial charge is 0.398 e. The maximum atomic E-state index is 5.93. The molecule has 3 rings (SSSR count). The number of aromatic nitrogens is 2. The summed E-state index contributed by atoms with van der Waals surface area (Å²) in [6.45, 7) is 0. The van der Waals surface area contributed by atoms with Crippen molar-refractivity contribution in [1.29, 1.82) is 0 Å². The van der Waals surface area contributed by atoms with E-state index in [-0.39, 0.29) is 0 Å². The van der Waals surface area contributed by atoms with Crippen LogP contribution in [-0.4, -0.2) is 9.97 Å². The highest BCUT2D eigenvalue weighted by atomic mass is 14.9. The Hall–Kier alpha value is -1.90. The minimum Gasteiger partial charge on any atom is -0.398 e. The number of nitrogens with two attached hydrogens (primary N) is 1. The minimum atomic E-state index is 0.659. The zero-order valence-corrected chi connectivity index (χ0v) is 10.3. The lowest BCUT2D eigenvalue weighted by Gasteiger charge is -2.09. The van der Waals surface area contributed by atoms with Gasteiger partial charge in [-0.1, -0.05) is 25.0 Å². The number of benzene rings is 1. The molecule has 1 fully saturated rings. The van der Waals surface area contributed by atoms with E-state index in [0.29, 0.717) is 5.92 Å². The van der Waals surface area contributed by atoms with Crippen LogP contribution in [0.1, 0.15) is 37.2 Å². The molecular weight excluding hydrogens is 222 g/mol. The van der Waals surface area contributed by atoms with Gasteiger partial charge in [-0.2, -0.15) is 0 Å². The maximum Gasteiger partial charge on any atom is 0.161 e. The van der Waals surface area contributed by atoms with Crippen LogP contribution >= 0.6 is 0 Å².